The number of nitrogens with zero attached hydrogens (tertiary/aromatic N) is 1. The Hall–Kier alpha value is -1.88. The predicted molar refractivity (Wildman–Crippen MR) is 127 cm³/mol. The van der Waals surface area contributed by atoms with Gasteiger partial charge in [-0.2, -0.15) is 0 Å². The van der Waals surface area contributed by atoms with E-state index in [4.69, 9.17) is 4.74 Å². The standard InChI is InChI=1S/C27H38N2O2/c30-25(21-31-26-14-12-24(13-15-26)23-10-4-1-5-11-23)20-28-22-27(16-6-2-7-17-27)29-18-8-3-9-19-29/h1,4-5,10-15,25,28,30H,2-3,6-9,16-22H2/t25-/m1/s1. The lowest BCUT2D eigenvalue weighted by atomic mass is 9.79. The molecule has 168 valence electrons. The van der Waals surface area contributed by atoms with Crippen LogP contribution in [0.5, 0.6) is 5.75 Å². The van der Waals surface area contributed by atoms with E-state index < -0.39 is 6.10 Å². The molecule has 2 aromatic carbocycles. The number of aliphatic hydroxyl groups is 1. The first kappa shape index (κ1) is 22.3. The van der Waals surface area contributed by atoms with Gasteiger partial charge in [-0.05, 0) is 62.0 Å². The van der Waals surface area contributed by atoms with Crippen molar-refractivity contribution in [3.05, 3.63) is 54.6 Å². The molecule has 4 heteroatoms. The zero-order valence-electron chi connectivity index (χ0n) is 18.8. The fraction of sp³-hybridized carbons (Fsp3) is 0.556. The van der Waals surface area contributed by atoms with Crippen molar-refractivity contribution in [2.45, 2.75) is 63.0 Å². The maximum absolute atomic E-state index is 10.5. The zero-order valence-corrected chi connectivity index (χ0v) is 18.8. The number of hydrogen-bond donors (Lipinski definition) is 2. The lowest BCUT2D eigenvalue weighted by molar-refractivity contribution is 0.0289. The van der Waals surface area contributed by atoms with Crippen molar-refractivity contribution < 1.29 is 9.84 Å². The van der Waals surface area contributed by atoms with E-state index in [1.807, 2.05) is 30.3 Å². The number of hydrogen-bond acceptors (Lipinski definition) is 4. The predicted octanol–water partition coefficient (Wildman–Crippen LogP) is 4.87. The number of ether oxygens (including phenoxy) is 1. The number of rotatable bonds is 9. The van der Waals surface area contributed by atoms with E-state index >= 15 is 0 Å². The van der Waals surface area contributed by atoms with Crippen molar-refractivity contribution in [3.8, 4) is 16.9 Å². The summed E-state index contributed by atoms with van der Waals surface area (Å²) in [6, 6.07) is 18.4. The van der Waals surface area contributed by atoms with E-state index in [2.05, 4.69) is 34.5 Å². The Bertz CT molecular complexity index is 766. The lowest BCUT2D eigenvalue weighted by Crippen LogP contribution is -2.58. The van der Waals surface area contributed by atoms with Crippen molar-refractivity contribution in [2.24, 2.45) is 0 Å². The summed E-state index contributed by atoms with van der Waals surface area (Å²) in [6.45, 7) is 4.36. The molecule has 0 spiro atoms. The third-order valence-electron chi connectivity index (χ3n) is 7.05. The van der Waals surface area contributed by atoms with Gasteiger partial charge in [0.1, 0.15) is 18.5 Å². The molecular weight excluding hydrogens is 384 g/mol. The van der Waals surface area contributed by atoms with Crippen LogP contribution in [0.2, 0.25) is 0 Å². The van der Waals surface area contributed by atoms with E-state index in [1.165, 1.54) is 75.6 Å². The molecule has 1 atom stereocenters. The smallest absolute Gasteiger partial charge is 0.119 e. The maximum Gasteiger partial charge on any atom is 0.119 e. The van der Waals surface area contributed by atoms with E-state index in [0.717, 1.165) is 12.3 Å². The van der Waals surface area contributed by atoms with E-state index in [0.29, 0.717) is 18.7 Å². The topological polar surface area (TPSA) is 44.7 Å². The Kier molecular flexibility index (Phi) is 8.01. The fourth-order valence-corrected chi connectivity index (χ4v) is 5.28. The highest BCUT2D eigenvalue weighted by Crippen LogP contribution is 2.35. The van der Waals surface area contributed by atoms with Crippen LogP contribution in [-0.4, -0.2) is 54.4 Å². The molecule has 1 aliphatic carbocycles. The van der Waals surface area contributed by atoms with Crippen LogP contribution >= 0.6 is 0 Å². The van der Waals surface area contributed by atoms with Crippen LogP contribution in [0.3, 0.4) is 0 Å². The molecule has 0 amide bonds. The third kappa shape index (κ3) is 6.09. The summed E-state index contributed by atoms with van der Waals surface area (Å²) in [4.78, 5) is 2.75. The average Bonchev–Trinajstić information content (AvgIpc) is 2.85. The van der Waals surface area contributed by atoms with Gasteiger partial charge in [0.25, 0.3) is 0 Å². The highest BCUT2D eigenvalue weighted by molar-refractivity contribution is 5.63. The Morgan fingerprint density at radius 2 is 1.48 bits per heavy atom. The van der Waals surface area contributed by atoms with E-state index in [9.17, 15) is 5.11 Å². The number of piperidine rings is 1. The molecule has 4 rings (SSSR count). The first-order valence-electron chi connectivity index (χ1n) is 12.2. The highest BCUT2D eigenvalue weighted by atomic mass is 16.5. The molecule has 1 heterocycles. The summed E-state index contributed by atoms with van der Waals surface area (Å²) in [6.07, 6.45) is 10.2. The molecule has 2 aliphatic rings. The van der Waals surface area contributed by atoms with Crippen molar-refractivity contribution in [1.29, 1.82) is 0 Å². The van der Waals surface area contributed by atoms with E-state index in [-0.39, 0.29) is 0 Å². The quantitative estimate of drug-likeness (QED) is 0.605. The highest BCUT2D eigenvalue weighted by Gasteiger charge is 2.37. The monoisotopic (exact) mass is 422 g/mol. The fourth-order valence-electron chi connectivity index (χ4n) is 5.28. The average molecular weight is 423 g/mol. The number of aliphatic hydroxyl groups excluding tert-OH is 1. The second kappa shape index (κ2) is 11.1. The summed E-state index contributed by atoms with van der Waals surface area (Å²) in [5.74, 6) is 0.802. The molecule has 2 aromatic rings. The Labute approximate surface area is 187 Å². The van der Waals surface area contributed by atoms with Crippen molar-refractivity contribution in [2.75, 3.05) is 32.8 Å². The molecule has 2 N–H and O–H groups in total. The summed E-state index contributed by atoms with van der Waals surface area (Å²) in [7, 11) is 0. The Morgan fingerprint density at radius 1 is 0.839 bits per heavy atom. The van der Waals surface area contributed by atoms with Crippen molar-refractivity contribution in [1.82, 2.24) is 10.2 Å². The zero-order chi connectivity index (χ0) is 21.4. The van der Waals surface area contributed by atoms with Gasteiger partial charge in [0.15, 0.2) is 0 Å². The molecular formula is C27H38N2O2. The summed E-state index contributed by atoms with van der Waals surface area (Å²) >= 11 is 0. The van der Waals surface area contributed by atoms with Crippen LogP contribution in [0.1, 0.15) is 51.4 Å². The second-order valence-corrected chi connectivity index (χ2v) is 9.32. The van der Waals surface area contributed by atoms with Crippen LogP contribution in [0.4, 0.5) is 0 Å². The largest absolute Gasteiger partial charge is 0.491 e. The summed E-state index contributed by atoms with van der Waals surface area (Å²) < 4.78 is 5.84. The molecule has 2 fully saturated rings. The minimum Gasteiger partial charge on any atom is -0.491 e. The van der Waals surface area contributed by atoms with Gasteiger partial charge in [-0.3, -0.25) is 4.90 Å². The maximum atomic E-state index is 10.5. The van der Waals surface area contributed by atoms with Crippen LogP contribution < -0.4 is 10.1 Å². The molecule has 0 aromatic heterocycles. The van der Waals surface area contributed by atoms with Crippen LogP contribution in [0.25, 0.3) is 11.1 Å². The van der Waals surface area contributed by atoms with Gasteiger partial charge in [-0.25, -0.2) is 0 Å². The van der Waals surface area contributed by atoms with Crippen molar-refractivity contribution >= 4 is 0 Å². The van der Waals surface area contributed by atoms with Gasteiger partial charge in [0, 0.05) is 18.6 Å². The molecule has 4 nitrogen and oxygen atoms in total. The van der Waals surface area contributed by atoms with Crippen LogP contribution in [0, 0.1) is 0 Å². The SMILES string of the molecule is O[C@H](CNCC1(N2CCCCC2)CCCCC1)COc1ccc(-c2ccccc2)cc1. The van der Waals surface area contributed by atoms with Crippen LogP contribution in [0.15, 0.2) is 54.6 Å². The minimum atomic E-state index is -0.504. The molecule has 0 bridgehead atoms. The van der Waals surface area contributed by atoms with Gasteiger partial charge < -0.3 is 15.2 Å². The van der Waals surface area contributed by atoms with E-state index in [1.54, 1.807) is 0 Å². The molecule has 0 radical (unpaired) electrons. The molecule has 1 aliphatic heterocycles. The van der Waals surface area contributed by atoms with Gasteiger partial charge in [0.2, 0.25) is 0 Å². The van der Waals surface area contributed by atoms with Gasteiger partial charge in [0.05, 0.1) is 0 Å². The third-order valence-corrected chi connectivity index (χ3v) is 7.05. The van der Waals surface area contributed by atoms with Gasteiger partial charge in [-0.1, -0.05) is 68.1 Å². The first-order valence-corrected chi connectivity index (χ1v) is 12.2. The Balaban J connectivity index is 1.23. The normalized spacial score (nSPS) is 20.3. The Morgan fingerprint density at radius 3 is 2.19 bits per heavy atom. The minimum absolute atomic E-state index is 0.298. The van der Waals surface area contributed by atoms with Crippen molar-refractivity contribution in [3.63, 3.8) is 0 Å². The lowest BCUT2D eigenvalue weighted by Gasteiger charge is -2.48. The second-order valence-electron chi connectivity index (χ2n) is 9.32. The first-order chi connectivity index (χ1) is 15.3. The summed E-state index contributed by atoms with van der Waals surface area (Å²) in [5, 5.41) is 14.1. The molecule has 1 saturated carbocycles. The summed E-state index contributed by atoms with van der Waals surface area (Å²) in [5.41, 5.74) is 2.67. The molecule has 1 saturated heterocycles. The number of benzene rings is 2. The number of nitrogens with one attached hydrogen (secondary N) is 1. The van der Waals surface area contributed by atoms with Gasteiger partial charge in [-0.15, -0.1) is 0 Å². The van der Waals surface area contributed by atoms with Gasteiger partial charge >= 0.3 is 0 Å². The molecule has 31 heavy (non-hydrogen) atoms. The molecule has 0 unspecified atom stereocenters. The number of likely N-dealkylation sites (tertiary alicyclic amines) is 1. The van der Waals surface area contributed by atoms with Crippen LogP contribution in [-0.2, 0) is 0 Å².